The summed E-state index contributed by atoms with van der Waals surface area (Å²) in [6, 6.07) is 6.41. The van der Waals surface area contributed by atoms with Crippen LogP contribution in [0.1, 0.15) is 5.56 Å². The van der Waals surface area contributed by atoms with E-state index in [0.29, 0.717) is 0 Å². The van der Waals surface area contributed by atoms with Crippen LogP contribution in [0.3, 0.4) is 0 Å². The second kappa shape index (κ2) is 6.28. The van der Waals surface area contributed by atoms with Gasteiger partial charge in [-0.05, 0) is 31.3 Å². The molecule has 0 aliphatic heterocycles. The Morgan fingerprint density at radius 1 is 1.22 bits per heavy atom. The van der Waals surface area contributed by atoms with Gasteiger partial charge in [-0.1, -0.05) is 0 Å². The van der Waals surface area contributed by atoms with Gasteiger partial charge >= 0.3 is 0 Å². The van der Waals surface area contributed by atoms with Crippen molar-refractivity contribution >= 4 is 0 Å². The van der Waals surface area contributed by atoms with Gasteiger partial charge in [0, 0.05) is 30.8 Å². The minimum atomic E-state index is -0.230. The molecule has 0 unspecified atom stereocenters. The van der Waals surface area contributed by atoms with Crippen LogP contribution < -0.4 is 10.6 Å². The smallest absolute Gasteiger partial charge is 0.123 e. The van der Waals surface area contributed by atoms with Crippen molar-refractivity contribution in [2.24, 2.45) is 0 Å². The summed E-state index contributed by atoms with van der Waals surface area (Å²) >= 11 is 0. The van der Waals surface area contributed by atoms with Crippen LogP contribution in [0.25, 0.3) is 11.3 Å². The van der Waals surface area contributed by atoms with Crippen molar-refractivity contribution in [2.45, 2.75) is 6.54 Å². The van der Waals surface area contributed by atoms with Crippen molar-refractivity contribution < 1.29 is 4.39 Å². The molecule has 96 valence electrons. The molecular formula is C13H17FN4. The molecule has 0 spiro atoms. The van der Waals surface area contributed by atoms with Gasteiger partial charge in [-0.2, -0.15) is 5.10 Å². The molecule has 0 aliphatic rings. The maximum absolute atomic E-state index is 12.9. The number of hydrogen-bond donors (Lipinski definition) is 3. The summed E-state index contributed by atoms with van der Waals surface area (Å²) in [7, 11) is 1.92. The molecule has 1 aromatic carbocycles. The number of halogens is 1. The summed E-state index contributed by atoms with van der Waals surface area (Å²) in [5, 5.41) is 13.4. The minimum Gasteiger partial charge on any atom is -0.318 e. The molecule has 0 atom stereocenters. The Labute approximate surface area is 106 Å². The largest absolute Gasteiger partial charge is 0.318 e. The van der Waals surface area contributed by atoms with Crippen LogP contribution in [0.2, 0.25) is 0 Å². The van der Waals surface area contributed by atoms with Crippen LogP contribution >= 0.6 is 0 Å². The van der Waals surface area contributed by atoms with Gasteiger partial charge in [0.1, 0.15) is 5.82 Å². The third kappa shape index (κ3) is 3.15. The van der Waals surface area contributed by atoms with E-state index in [1.165, 1.54) is 12.1 Å². The Bertz CT molecular complexity index is 478. The van der Waals surface area contributed by atoms with Gasteiger partial charge in [0.15, 0.2) is 0 Å². The molecule has 2 rings (SSSR count). The number of H-pyrrole nitrogens is 1. The fraction of sp³-hybridized carbons (Fsp3) is 0.308. The highest BCUT2D eigenvalue weighted by atomic mass is 19.1. The zero-order valence-electron chi connectivity index (χ0n) is 10.3. The first-order valence-electron chi connectivity index (χ1n) is 5.95. The van der Waals surface area contributed by atoms with E-state index in [0.717, 1.165) is 36.5 Å². The fourth-order valence-electron chi connectivity index (χ4n) is 1.75. The molecule has 18 heavy (non-hydrogen) atoms. The molecule has 0 radical (unpaired) electrons. The van der Waals surface area contributed by atoms with Crippen LogP contribution in [-0.2, 0) is 6.54 Å². The second-order valence-electron chi connectivity index (χ2n) is 4.06. The monoisotopic (exact) mass is 248 g/mol. The van der Waals surface area contributed by atoms with E-state index < -0.39 is 0 Å². The Morgan fingerprint density at radius 2 is 2.00 bits per heavy atom. The van der Waals surface area contributed by atoms with E-state index in [-0.39, 0.29) is 5.82 Å². The molecule has 0 aliphatic carbocycles. The summed E-state index contributed by atoms with van der Waals surface area (Å²) in [5.74, 6) is -0.230. The number of benzene rings is 1. The molecule has 2 aromatic rings. The lowest BCUT2D eigenvalue weighted by molar-refractivity contribution is 0.628. The van der Waals surface area contributed by atoms with Crippen molar-refractivity contribution in [1.29, 1.82) is 0 Å². The molecule has 3 N–H and O–H groups in total. The lowest BCUT2D eigenvalue weighted by Crippen LogP contribution is -2.24. The van der Waals surface area contributed by atoms with Gasteiger partial charge in [0.25, 0.3) is 0 Å². The Hall–Kier alpha value is -1.72. The van der Waals surface area contributed by atoms with Gasteiger partial charge in [0.05, 0.1) is 11.9 Å². The molecule has 0 saturated heterocycles. The van der Waals surface area contributed by atoms with Crippen molar-refractivity contribution in [2.75, 3.05) is 20.1 Å². The van der Waals surface area contributed by atoms with Crippen LogP contribution in [-0.4, -0.2) is 30.3 Å². The number of aromatic nitrogens is 2. The van der Waals surface area contributed by atoms with Gasteiger partial charge in [-0.25, -0.2) is 4.39 Å². The van der Waals surface area contributed by atoms with Crippen molar-refractivity contribution in [3.8, 4) is 11.3 Å². The first-order valence-corrected chi connectivity index (χ1v) is 5.95. The van der Waals surface area contributed by atoms with E-state index in [2.05, 4.69) is 20.8 Å². The van der Waals surface area contributed by atoms with Crippen LogP contribution in [0.15, 0.2) is 30.5 Å². The Balaban J connectivity index is 2.05. The molecule has 5 heteroatoms. The quantitative estimate of drug-likeness (QED) is 0.679. The third-order valence-electron chi connectivity index (χ3n) is 2.72. The minimum absolute atomic E-state index is 0.230. The number of nitrogens with one attached hydrogen (secondary N) is 3. The highest BCUT2D eigenvalue weighted by Crippen LogP contribution is 2.20. The van der Waals surface area contributed by atoms with Gasteiger partial charge in [-0.15, -0.1) is 0 Å². The van der Waals surface area contributed by atoms with E-state index >= 15 is 0 Å². The zero-order valence-corrected chi connectivity index (χ0v) is 10.3. The number of hydrogen-bond acceptors (Lipinski definition) is 3. The molecular weight excluding hydrogens is 231 g/mol. The van der Waals surface area contributed by atoms with E-state index in [9.17, 15) is 4.39 Å². The average Bonchev–Trinajstić information content (AvgIpc) is 2.84. The Morgan fingerprint density at radius 3 is 2.72 bits per heavy atom. The van der Waals surface area contributed by atoms with Crippen LogP contribution in [0.5, 0.6) is 0 Å². The molecule has 1 heterocycles. The number of rotatable bonds is 6. The SMILES string of the molecule is CNCCNCc1cn[nH]c1-c1ccc(F)cc1. The predicted molar refractivity (Wildman–Crippen MR) is 69.6 cm³/mol. The lowest BCUT2D eigenvalue weighted by atomic mass is 10.1. The maximum Gasteiger partial charge on any atom is 0.123 e. The number of nitrogens with zero attached hydrogens (tertiary/aromatic N) is 1. The summed E-state index contributed by atoms with van der Waals surface area (Å²) in [6.45, 7) is 2.55. The zero-order chi connectivity index (χ0) is 12.8. The number of aromatic amines is 1. The Kier molecular flexibility index (Phi) is 4.44. The predicted octanol–water partition coefficient (Wildman–Crippen LogP) is 1.52. The topological polar surface area (TPSA) is 52.7 Å². The molecule has 0 fully saturated rings. The molecule has 0 saturated carbocycles. The highest BCUT2D eigenvalue weighted by Gasteiger charge is 2.07. The van der Waals surface area contributed by atoms with Crippen LogP contribution in [0, 0.1) is 5.82 Å². The highest BCUT2D eigenvalue weighted by molar-refractivity contribution is 5.62. The summed E-state index contributed by atoms with van der Waals surface area (Å²) in [4.78, 5) is 0. The number of likely N-dealkylation sites (N-methyl/N-ethyl adjacent to an activating group) is 1. The first kappa shape index (κ1) is 12.7. The molecule has 0 bridgehead atoms. The lowest BCUT2D eigenvalue weighted by Gasteiger charge is -2.05. The van der Waals surface area contributed by atoms with Gasteiger partial charge in [-0.3, -0.25) is 5.10 Å². The third-order valence-corrected chi connectivity index (χ3v) is 2.72. The van der Waals surface area contributed by atoms with Crippen molar-refractivity contribution in [3.05, 3.63) is 41.8 Å². The van der Waals surface area contributed by atoms with Gasteiger partial charge in [0.2, 0.25) is 0 Å². The first-order chi connectivity index (χ1) is 8.81. The van der Waals surface area contributed by atoms with Crippen molar-refractivity contribution in [3.63, 3.8) is 0 Å². The molecule has 1 aromatic heterocycles. The van der Waals surface area contributed by atoms with E-state index in [1.807, 2.05) is 7.05 Å². The summed E-state index contributed by atoms with van der Waals surface area (Å²) < 4.78 is 12.9. The van der Waals surface area contributed by atoms with Crippen LogP contribution in [0.4, 0.5) is 4.39 Å². The molecule has 4 nitrogen and oxygen atoms in total. The van der Waals surface area contributed by atoms with Gasteiger partial charge < -0.3 is 10.6 Å². The van der Waals surface area contributed by atoms with E-state index in [4.69, 9.17) is 0 Å². The fourth-order valence-corrected chi connectivity index (χ4v) is 1.75. The maximum atomic E-state index is 12.9. The average molecular weight is 248 g/mol. The molecule has 0 amide bonds. The second-order valence-corrected chi connectivity index (χ2v) is 4.06. The van der Waals surface area contributed by atoms with Crippen molar-refractivity contribution in [1.82, 2.24) is 20.8 Å². The normalized spacial score (nSPS) is 10.8. The van der Waals surface area contributed by atoms with E-state index in [1.54, 1.807) is 18.3 Å². The summed E-state index contributed by atoms with van der Waals surface area (Å²) in [6.07, 6.45) is 1.80. The summed E-state index contributed by atoms with van der Waals surface area (Å²) in [5.41, 5.74) is 2.96. The standard InChI is InChI=1S/C13H17FN4/c1-15-6-7-16-8-11-9-17-18-13(11)10-2-4-12(14)5-3-10/h2-5,9,15-16H,6-8H2,1H3,(H,17,18).